The molecule has 7 heteroatoms. The van der Waals surface area contributed by atoms with Crippen LogP contribution in [0, 0.1) is 0 Å². The molecule has 1 unspecified atom stereocenters. The molecule has 0 fully saturated rings. The lowest BCUT2D eigenvalue weighted by Gasteiger charge is -2.26. The Kier molecular flexibility index (Phi) is 7.33. The number of benzene rings is 2. The SMILES string of the molecule is C[C@H](Nc1cc(Cl)cc(Cl)c1)C(=O)NC(C(=O)OC(C)(C)C)c1ccccc1. The van der Waals surface area contributed by atoms with Gasteiger partial charge in [-0.2, -0.15) is 0 Å². The van der Waals surface area contributed by atoms with Crippen LogP contribution < -0.4 is 10.6 Å². The second kappa shape index (κ2) is 9.30. The fraction of sp³-hybridized carbons (Fsp3) is 0.333. The summed E-state index contributed by atoms with van der Waals surface area (Å²) in [5.41, 5.74) is 0.577. The predicted molar refractivity (Wildman–Crippen MR) is 113 cm³/mol. The van der Waals surface area contributed by atoms with Gasteiger partial charge in [-0.25, -0.2) is 4.79 Å². The Morgan fingerprint density at radius 3 is 2.11 bits per heavy atom. The maximum atomic E-state index is 12.7. The normalized spacial score (nSPS) is 13.4. The molecule has 2 aromatic rings. The Balaban J connectivity index is 2.15. The van der Waals surface area contributed by atoms with Gasteiger partial charge in [-0.1, -0.05) is 53.5 Å². The van der Waals surface area contributed by atoms with Crippen molar-refractivity contribution in [3.63, 3.8) is 0 Å². The quantitative estimate of drug-likeness (QED) is 0.643. The lowest BCUT2D eigenvalue weighted by molar-refractivity contribution is -0.158. The van der Waals surface area contributed by atoms with Gasteiger partial charge < -0.3 is 15.4 Å². The highest BCUT2D eigenvalue weighted by Gasteiger charge is 2.29. The van der Waals surface area contributed by atoms with Crippen LogP contribution in [0.25, 0.3) is 0 Å². The fourth-order valence-electron chi connectivity index (χ4n) is 2.50. The van der Waals surface area contributed by atoms with Gasteiger partial charge in [0.2, 0.25) is 5.91 Å². The van der Waals surface area contributed by atoms with E-state index >= 15 is 0 Å². The zero-order valence-electron chi connectivity index (χ0n) is 16.3. The fourth-order valence-corrected chi connectivity index (χ4v) is 3.03. The van der Waals surface area contributed by atoms with E-state index < -0.39 is 23.7 Å². The molecule has 150 valence electrons. The molecule has 5 nitrogen and oxygen atoms in total. The molecule has 0 radical (unpaired) electrons. The number of rotatable bonds is 6. The third-order valence-corrected chi connectivity index (χ3v) is 4.14. The summed E-state index contributed by atoms with van der Waals surface area (Å²) in [4.78, 5) is 25.4. The van der Waals surface area contributed by atoms with E-state index in [0.29, 0.717) is 21.3 Å². The van der Waals surface area contributed by atoms with Crippen LogP contribution >= 0.6 is 23.2 Å². The topological polar surface area (TPSA) is 67.4 Å². The molecule has 0 spiro atoms. The van der Waals surface area contributed by atoms with Crippen molar-refractivity contribution in [1.82, 2.24) is 5.32 Å². The van der Waals surface area contributed by atoms with Crippen LogP contribution in [0.2, 0.25) is 10.0 Å². The Morgan fingerprint density at radius 2 is 1.57 bits per heavy atom. The van der Waals surface area contributed by atoms with Crippen molar-refractivity contribution in [2.45, 2.75) is 45.4 Å². The van der Waals surface area contributed by atoms with E-state index in [0.717, 1.165) is 0 Å². The Hall–Kier alpha value is -2.24. The highest BCUT2D eigenvalue weighted by molar-refractivity contribution is 6.35. The zero-order chi connectivity index (χ0) is 20.9. The van der Waals surface area contributed by atoms with Gasteiger partial charge in [-0.05, 0) is 51.5 Å². The van der Waals surface area contributed by atoms with E-state index in [2.05, 4.69) is 10.6 Å². The molecule has 2 aromatic carbocycles. The van der Waals surface area contributed by atoms with Crippen LogP contribution in [-0.2, 0) is 14.3 Å². The van der Waals surface area contributed by atoms with Gasteiger partial charge in [0.15, 0.2) is 6.04 Å². The summed E-state index contributed by atoms with van der Waals surface area (Å²) >= 11 is 12.0. The van der Waals surface area contributed by atoms with Crippen molar-refractivity contribution in [2.75, 3.05) is 5.32 Å². The van der Waals surface area contributed by atoms with Gasteiger partial charge in [-0.3, -0.25) is 4.79 Å². The summed E-state index contributed by atoms with van der Waals surface area (Å²) in [6, 6.07) is 12.4. The molecule has 2 atom stereocenters. The highest BCUT2D eigenvalue weighted by Crippen LogP contribution is 2.23. The summed E-state index contributed by atoms with van der Waals surface area (Å²) in [7, 11) is 0. The lowest BCUT2D eigenvalue weighted by atomic mass is 10.1. The minimum atomic E-state index is -0.917. The van der Waals surface area contributed by atoms with E-state index in [1.807, 2.05) is 6.07 Å². The number of halogens is 2. The standard InChI is InChI=1S/C21H24Cl2N2O3/c1-13(24-17-11-15(22)10-16(23)12-17)19(26)25-18(14-8-6-5-7-9-14)20(27)28-21(2,3)4/h5-13,18,24H,1-4H3,(H,25,26)/t13-,18?/m0/s1. The molecule has 0 saturated heterocycles. The molecule has 2 N–H and O–H groups in total. The first-order chi connectivity index (χ1) is 13.0. The summed E-state index contributed by atoms with van der Waals surface area (Å²) in [5.74, 6) is -0.888. The van der Waals surface area contributed by atoms with E-state index in [4.69, 9.17) is 27.9 Å². The number of hydrogen-bond acceptors (Lipinski definition) is 4. The average Bonchev–Trinajstić information content (AvgIpc) is 2.57. The summed E-state index contributed by atoms with van der Waals surface area (Å²) in [6.45, 7) is 7.02. The second-order valence-electron chi connectivity index (χ2n) is 7.41. The first-order valence-electron chi connectivity index (χ1n) is 8.86. The Labute approximate surface area is 175 Å². The van der Waals surface area contributed by atoms with Crippen LogP contribution in [0.3, 0.4) is 0 Å². The predicted octanol–water partition coefficient (Wildman–Crippen LogP) is 4.99. The summed E-state index contributed by atoms with van der Waals surface area (Å²) in [6.07, 6.45) is 0. The van der Waals surface area contributed by atoms with Crippen molar-refractivity contribution < 1.29 is 14.3 Å². The van der Waals surface area contributed by atoms with Gasteiger partial charge in [-0.15, -0.1) is 0 Å². The van der Waals surface area contributed by atoms with E-state index in [-0.39, 0.29) is 5.91 Å². The monoisotopic (exact) mass is 422 g/mol. The molecule has 0 aromatic heterocycles. The molecule has 0 heterocycles. The first kappa shape index (κ1) is 22.1. The number of anilines is 1. The lowest BCUT2D eigenvalue weighted by Crippen LogP contribution is -2.43. The third-order valence-electron chi connectivity index (χ3n) is 3.70. The molecule has 0 aliphatic carbocycles. The second-order valence-corrected chi connectivity index (χ2v) is 8.28. The Bertz CT molecular complexity index is 815. The number of nitrogens with one attached hydrogen (secondary N) is 2. The van der Waals surface area contributed by atoms with Crippen molar-refractivity contribution in [1.29, 1.82) is 0 Å². The first-order valence-corrected chi connectivity index (χ1v) is 9.61. The average molecular weight is 423 g/mol. The van der Waals surface area contributed by atoms with Gasteiger partial charge in [0, 0.05) is 15.7 Å². The smallest absolute Gasteiger partial charge is 0.333 e. The molecule has 0 saturated carbocycles. The number of hydrogen-bond donors (Lipinski definition) is 2. The molecule has 0 aliphatic heterocycles. The number of carbonyl (C=O) groups excluding carboxylic acids is 2. The third kappa shape index (κ3) is 6.73. The Morgan fingerprint density at radius 1 is 1.00 bits per heavy atom. The number of esters is 1. The largest absolute Gasteiger partial charge is 0.458 e. The van der Waals surface area contributed by atoms with Crippen LogP contribution in [-0.4, -0.2) is 23.5 Å². The number of amides is 1. The maximum Gasteiger partial charge on any atom is 0.333 e. The molecule has 0 aliphatic rings. The van der Waals surface area contributed by atoms with Crippen molar-refractivity contribution in [2.24, 2.45) is 0 Å². The van der Waals surface area contributed by atoms with Crippen molar-refractivity contribution >= 4 is 40.8 Å². The minimum absolute atomic E-state index is 0.365. The van der Waals surface area contributed by atoms with E-state index in [1.165, 1.54) is 0 Å². The van der Waals surface area contributed by atoms with Crippen LogP contribution in [0.4, 0.5) is 5.69 Å². The van der Waals surface area contributed by atoms with Gasteiger partial charge >= 0.3 is 5.97 Å². The number of carbonyl (C=O) groups is 2. The molecule has 28 heavy (non-hydrogen) atoms. The van der Waals surface area contributed by atoms with E-state index in [9.17, 15) is 9.59 Å². The summed E-state index contributed by atoms with van der Waals surface area (Å²) < 4.78 is 5.48. The molecule has 1 amide bonds. The molecular weight excluding hydrogens is 399 g/mol. The molecular formula is C21H24Cl2N2O3. The maximum absolute atomic E-state index is 12.7. The molecule has 2 rings (SSSR count). The molecule has 0 bridgehead atoms. The summed E-state index contributed by atoms with van der Waals surface area (Å²) in [5, 5.41) is 6.71. The highest BCUT2D eigenvalue weighted by atomic mass is 35.5. The number of ether oxygens (including phenoxy) is 1. The van der Waals surface area contributed by atoms with Crippen molar-refractivity contribution in [3.05, 3.63) is 64.1 Å². The van der Waals surface area contributed by atoms with E-state index in [1.54, 1.807) is 70.2 Å². The van der Waals surface area contributed by atoms with Crippen LogP contribution in [0.15, 0.2) is 48.5 Å². The van der Waals surface area contributed by atoms with Gasteiger partial charge in [0.25, 0.3) is 0 Å². The van der Waals surface area contributed by atoms with Gasteiger partial charge in [0.1, 0.15) is 11.6 Å². The zero-order valence-corrected chi connectivity index (χ0v) is 17.8. The van der Waals surface area contributed by atoms with Crippen LogP contribution in [0.5, 0.6) is 0 Å². The van der Waals surface area contributed by atoms with Gasteiger partial charge in [0.05, 0.1) is 0 Å². The minimum Gasteiger partial charge on any atom is -0.458 e. The van der Waals surface area contributed by atoms with Crippen molar-refractivity contribution in [3.8, 4) is 0 Å². The van der Waals surface area contributed by atoms with Crippen LogP contribution in [0.1, 0.15) is 39.3 Å².